The predicted molar refractivity (Wildman–Crippen MR) is 66.5 cm³/mol. The van der Waals surface area contributed by atoms with Crippen molar-refractivity contribution in [2.24, 2.45) is 5.92 Å². The molecular weight excluding hydrogens is 218 g/mol. The molecule has 5 nitrogen and oxygen atoms in total. The van der Waals surface area contributed by atoms with Crippen LogP contribution < -0.4 is 16.0 Å². The van der Waals surface area contributed by atoms with E-state index in [1.807, 2.05) is 6.92 Å². The molecule has 2 amide bonds. The summed E-state index contributed by atoms with van der Waals surface area (Å²) in [6, 6.07) is 0. The number of piperidine rings is 1. The van der Waals surface area contributed by atoms with Gasteiger partial charge in [0.15, 0.2) is 0 Å². The Labute approximate surface area is 103 Å². The molecule has 0 radical (unpaired) electrons. The first kappa shape index (κ1) is 14.0. The van der Waals surface area contributed by atoms with E-state index in [4.69, 9.17) is 0 Å². The minimum absolute atomic E-state index is 0.00826. The van der Waals surface area contributed by atoms with Crippen LogP contribution in [0.25, 0.3) is 0 Å². The van der Waals surface area contributed by atoms with Crippen molar-refractivity contribution in [3.63, 3.8) is 0 Å². The van der Waals surface area contributed by atoms with Crippen molar-refractivity contribution >= 4 is 11.8 Å². The number of rotatable bonds is 6. The maximum Gasteiger partial charge on any atom is 0.224 e. The predicted octanol–water partition coefficient (Wildman–Crippen LogP) is 0.0185. The van der Waals surface area contributed by atoms with Crippen LogP contribution in [-0.4, -0.2) is 38.0 Å². The zero-order valence-electron chi connectivity index (χ0n) is 10.6. The molecule has 0 unspecified atom stereocenters. The molecule has 0 aromatic rings. The van der Waals surface area contributed by atoms with E-state index in [0.717, 1.165) is 32.4 Å². The third-order valence-corrected chi connectivity index (χ3v) is 2.89. The van der Waals surface area contributed by atoms with E-state index in [2.05, 4.69) is 16.0 Å². The average molecular weight is 241 g/mol. The van der Waals surface area contributed by atoms with Crippen LogP contribution in [0.1, 0.15) is 32.6 Å². The maximum absolute atomic E-state index is 11.7. The molecule has 1 aliphatic rings. The van der Waals surface area contributed by atoms with Gasteiger partial charge in [-0.15, -0.1) is 0 Å². The average Bonchev–Trinajstić information content (AvgIpc) is 2.37. The number of amides is 2. The first-order valence-electron chi connectivity index (χ1n) is 6.49. The van der Waals surface area contributed by atoms with Gasteiger partial charge in [0.25, 0.3) is 0 Å². The molecule has 1 atom stereocenters. The second-order valence-electron chi connectivity index (χ2n) is 4.43. The highest BCUT2D eigenvalue weighted by Crippen LogP contribution is 2.09. The first-order chi connectivity index (χ1) is 8.24. The van der Waals surface area contributed by atoms with E-state index in [1.165, 1.54) is 0 Å². The van der Waals surface area contributed by atoms with E-state index in [0.29, 0.717) is 19.5 Å². The molecule has 0 spiro atoms. The summed E-state index contributed by atoms with van der Waals surface area (Å²) in [7, 11) is 0. The van der Waals surface area contributed by atoms with Gasteiger partial charge in [-0.2, -0.15) is 0 Å². The van der Waals surface area contributed by atoms with Gasteiger partial charge in [-0.25, -0.2) is 0 Å². The Balaban J connectivity index is 2.08. The van der Waals surface area contributed by atoms with Crippen molar-refractivity contribution < 1.29 is 9.59 Å². The molecule has 1 rings (SSSR count). The number of carbonyl (C=O) groups is 2. The van der Waals surface area contributed by atoms with Crippen LogP contribution in [0.15, 0.2) is 0 Å². The monoisotopic (exact) mass is 241 g/mol. The summed E-state index contributed by atoms with van der Waals surface area (Å²) in [5.74, 6) is 0.150. The molecule has 5 heteroatoms. The zero-order chi connectivity index (χ0) is 12.5. The molecule has 1 aliphatic heterocycles. The fraction of sp³-hybridized carbons (Fsp3) is 0.833. The van der Waals surface area contributed by atoms with Crippen LogP contribution in [-0.2, 0) is 9.59 Å². The maximum atomic E-state index is 11.7. The molecule has 1 saturated heterocycles. The summed E-state index contributed by atoms with van der Waals surface area (Å²) >= 11 is 0. The van der Waals surface area contributed by atoms with Crippen molar-refractivity contribution in [2.75, 3.05) is 26.2 Å². The Morgan fingerprint density at radius 3 is 2.76 bits per heavy atom. The van der Waals surface area contributed by atoms with Gasteiger partial charge in [-0.3, -0.25) is 9.59 Å². The SMILES string of the molecule is CCCNC(=O)CCNC(=O)[C@@H]1CCCNC1. The Kier molecular flexibility index (Phi) is 6.62. The Morgan fingerprint density at radius 2 is 2.12 bits per heavy atom. The molecular formula is C12H23N3O2. The van der Waals surface area contributed by atoms with Gasteiger partial charge in [0, 0.05) is 26.1 Å². The second kappa shape index (κ2) is 8.06. The number of hydrogen-bond donors (Lipinski definition) is 3. The van der Waals surface area contributed by atoms with Crippen molar-refractivity contribution in [1.29, 1.82) is 0 Å². The molecule has 98 valence electrons. The minimum atomic E-state index is 0.00826. The van der Waals surface area contributed by atoms with E-state index in [-0.39, 0.29) is 17.7 Å². The molecule has 0 aromatic carbocycles. The zero-order valence-corrected chi connectivity index (χ0v) is 10.6. The molecule has 1 heterocycles. The van der Waals surface area contributed by atoms with Crippen molar-refractivity contribution in [3.05, 3.63) is 0 Å². The van der Waals surface area contributed by atoms with Crippen molar-refractivity contribution in [3.8, 4) is 0 Å². The molecule has 17 heavy (non-hydrogen) atoms. The highest BCUT2D eigenvalue weighted by Gasteiger charge is 2.20. The summed E-state index contributed by atoms with van der Waals surface area (Å²) in [5.41, 5.74) is 0. The van der Waals surface area contributed by atoms with E-state index in [9.17, 15) is 9.59 Å². The van der Waals surface area contributed by atoms with Crippen molar-refractivity contribution in [2.45, 2.75) is 32.6 Å². The summed E-state index contributed by atoms with van der Waals surface area (Å²) in [5, 5.41) is 8.81. The van der Waals surface area contributed by atoms with Crippen molar-refractivity contribution in [1.82, 2.24) is 16.0 Å². The quantitative estimate of drug-likeness (QED) is 0.614. The summed E-state index contributed by atoms with van der Waals surface area (Å²) in [6.45, 7) is 4.92. The largest absolute Gasteiger partial charge is 0.356 e. The lowest BCUT2D eigenvalue weighted by molar-refractivity contribution is -0.125. The van der Waals surface area contributed by atoms with Crippen LogP contribution in [0, 0.1) is 5.92 Å². The third kappa shape index (κ3) is 5.68. The first-order valence-corrected chi connectivity index (χ1v) is 6.49. The third-order valence-electron chi connectivity index (χ3n) is 2.89. The number of nitrogens with one attached hydrogen (secondary N) is 3. The molecule has 0 saturated carbocycles. The summed E-state index contributed by atoms with van der Waals surface area (Å²) in [6.07, 6.45) is 3.30. The van der Waals surface area contributed by atoms with E-state index in [1.54, 1.807) is 0 Å². The van der Waals surface area contributed by atoms with Crippen LogP contribution in [0.5, 0.6) is 0 Å². The fourth-order valence-corrected chi connectivity index (χ4v) is 1.87. The van der Waals surface area contributed by atoms with Gasteiger partial charge in [-0.1, -0.05) is 6.92 Å². The number of carbonyl (C=O) groups excluding carboxylic acids is 2. The molecule has 3 N–H and O–H groups in total. The lowest BCUT2D eigenvalue weighted by Gasteiger charge is -2.21. The molecule has 1 fully saturated rings. The molecule has 0 bridgehead atoms. The van der Waals surface area contributed by atoms with Crippen LogP contribution in [0.2, 0.25) is 0 Å². The normalized spacial score (nSPS) is 19.7. The Hall–Kier alpha value is -1.10. The van der Waals surface area contributed by atoms with Crippen LogP contribution >= 0.6 is 0 Å². The highest BCUT2D eigenvalue weighted by molar-refractivity contribution is 5.80. The molecule has 0 aromatic heterocycles. The minimum Gasteiger partial charge on any atom is -0.356 e. The smallest absolute Gasteiger partial charge is 0.224 e. The van der Waals surface area contributed by atoms with Crippen LogP contribution in [0.4, 0.5) is 0 Å². The molecule has 0 aliphatic carbocycles. The van der Waals surface area contributed by atoms with E-state index >= 15 is 0 Å². The van der Waals surface area contributed by atoms with Gasteiger partial charge >= 0.3 is 0 Å². The second-order valence-corrected chi connectivity index (χ2v) is 4.43. The standard InChI is InChI=1S/C12H23N3O2/c1-2-6-14-11(16)5-8-15-12(17)10-4-3-7-13-9-10/h10,13H,2-9H2,1H3,(H,14,16)(H,15,17)/t10-/m1/s1. The van der Waals surface area contributed by atoms with Crippen LogP contribution in [0.3, 0.4) is 0 Å². The summed E-state index contributed by atoms with van der Waals surface area (Å²) < 4.78 is 0. The van der Waals surface area contributed by atoms with Gasteiger partial charge in [0.1, 0.15) is 0 Å². The number of hydrogen-bond acceptors (Lipinski definition) is 3. The van der Waals surface area contributed by atoms with Gasteiger partial charge < -0.3 is 16.0 Å². The van der Waals surface area contributed by atoms with Gasteiger partial charge in [0.2, 0.25) is 11.8 Å². The lowest BCUT2D eigenvalue weighted by Crippen LogP contribution is -2.41. The lowest BCUT2D eigenvalue weighted by atomic mass is 9.99. The van der Waals surface area contributed by atoms with Gasteiger partial charge in [0.05, 0.1) is 5.92 Å². The Bertz CT molecular complexity index is 250. The highest BCUT2D eigenvalue weighted by atomic mass is 16.2. The Morgan fingerprint density at radius 1 is 1.29 bits per heavy atom. The summed E-state index contributed by atoms with van der Waals surface area (Å²) in [4.78, 5) is 23.0. The van der Waals surface area contributed by atoms with E-state index < -0.39 is 0 Å². The fourth-order valence-electron chi connectivity index (χ4n) is 1.87. The topological polar surface area (TPSA) is 70.2 Å². The van der Waals surface area contributed by atoms with Gasteiger partial charge in [-0.05, 0) is 25.8 Å².